The molecule has 6 nitrogen and oxygen atoms in total. The molecule has 0 atom stereocenters. The van der Waals surface area contributed by atoms with Crippen LogP contribution in [0.3, 0.4) is 0 Å². The Kier molecular flexibility index (Phi) is 3.52. The van der Waals surface area contributed by atoms with Gasteiger partial charge in [-0.2, -0.15) is 4.98 Å². The number of aromatic nitrogens is 2. The Morgan fingerprint density at radius 3 is 2.93 bits per heavy atom. The van der Waals surface area contributed by atoms with Gasteiger partial charge in [-0.1, -0.05) is 0 Å². The summed E-state index contributed by atoms with van der Waals surface area (Å²) < 4.78 is 10.6. The maximum Gasteiger partial charge on any atom is 0.260 e. The predicted octanol–water partition coefficient (Wildman–Crippen LogP) is -0.0371. The fraction of sp³-hybridized carbons (Fsp3) is 0.778. The lowest BCUT2D eigenvalue weighted by Crippen LogP contribution is -2.32. The Morgan fingerprint density at radius 1 is 1.47 bits per heavy atom. The summed E-state index contributed by atoms with van der Waals surface area (Å²) in [6.07, 6.45) is 3.15. The summed E-state index contributed by atoms with van der Waals surface area (Å²) in [4.78, 5) is 3.90. The maximum absolute atomic E-state index is 5.69. The van der Waals surface area contributed by atoms with Crippen LogP contribution < -0.4 is 11.1 Å². The Bertz CT molecular complexity index is 296. The van der Waals surface area contributed by atoms with E-state index >= 15 is 0 Å². The van der Waals surface area contributed by atoms with Crippen molar-refractivity contribution in [1.82, 2.24) is 15.5 Å². The molecular formula is C9H16N4O2. The van der Waals surface area contributed by atoms with E-state index in [0.717, 1.165) is 25.9 Å². The first-order chi connectivity index (χ1) is 7.34. The molecule has 1 aliphatic heterocycles. The highest BCUT2D eigenvalue weighted by Crippen LogP contribution is 2.08. The molecule has 6 heteroatoms. The minimum atomic E-state index is 0.187. The zero-order valence-electron chi connectivity index (χ0n) is 8.61. The summed E-state index contributed by atoms with van der Waals surface area (Å²) >= 11 is 0. The molecule has 0 unspecified atom stereocenters. The smallest absolute Gasteiger partial charge is 0.260 e. The second kappa shape index (κ2) is 5.09. The molecule has 0 amide bonds. The zero-order valence-corrected chi connectivity index (χ0v) is 8.61. The van der Waals surface area contributed by atoms with Gasteiger partial charge in [0.25, 0.3) is 5.95 Å². The molecule has 0 radical (unpaired) electrons. The van der Waals surface area contributed by atoms with Crippen LogP contribution in [-0.4, -0.2) is 35.9 Å². The van der Waals surface area contributed by atoms with Crippen LogP contribution in [-0.2, 0) is 11.2 Å². The second-order valence-electron chi connectivity index (χ2n) is 3.62. The summed E-state index contributed by atoms with van der Waals surface area (Å²) in [7, 11) is 0. The number of piperidine rings is 1. The van der Waals surface area contributed by atoms with Gasteiger partial charge in [-0.05, 0) is 31.1 Å². The van der Waals surface area contributed by atoms with Crippen molar-refractivity contribution in [3.63, 3.8) is 0 Å². The molecule has 0 aromatic carbocycles. The number of nitrogens with one attached hydrogen (secondary N) is 1. The standard InChI is InChI=1S/C9H16N4O2/c10-9-12-8(15-13-9)3-6-14-7-1-4-11-5-2-7/h7,11H,1-6H2,(H2,10,13). The first-order valence-electron chi connectivity index (χ1n) is 5.25. The van der Waals surface area contributed by atoms with Crippen LogP contribution in [0.2, 0.25) is 0 Å². The lowest BCUT2D eigenvalue weighted by molar-refractivity contribution is 0.0322. The molecule has 2 heterocycles. The summed E-state index contributed by atoms with van der Waals surface area (Å²) in [5.74, 6) is 0.730. The van der Waals surface area contributed by atoms with Crippen molar-refractivity contribution < 1.29 is 9.26 Å². The molecule has 1 fully saturated rings. The molecule has 84 valence electrons. The quantitative estimate of drug-likeness (QED) is 0.728. The van der Waals surface area contributed by atoms with Crippen LogP contribution >= 0.6 is 0 Å². The zero-order chi connectivity index (χ0) is 10.5. The van der Waals surface area contributed by atoms with E-state index in [1.165, 1.54) is 0 Å². The summed E-state index contributed by atoms with van der Waals surface area (Å²) in [5.41, 5.74) is 5.33. The number of nitrogens with zero attached hydrogens (tertiary/aromatic N) is 2. The summed E-state index contributed by atoms with van der Waals surface area (Å²) in [6.45, 7) is 2.70. The van der Waals surface area contributed by atoms with E-state index in [-0.39, 0.29) is 5.95 Å². The molecular weight excluding hydrogens is 196 g/mol. The van der Waals surface area contributed by atoms with E-state index in [1.807, 2.05) is 0 Å². The third-order valence-corrected chi connectivity index (χ3v) is 2.44. The molecule has 0 spiro atoms. The highest BCUT2D eigenvalue weighted by Gasteiger charge is 2.13. The van der Waals surface area contributed by atoms with Crippen LogP contribution in [0.5, 0.6) is 0 Å². The van der Waals surface area contributed by atoms with Gasteiger partial charge in [-0.15, -0.1) is 0 Å². The maximum atomic E-state index is 5.69. The van der Waals surface area contributed by atoms with Crippen molar-refractivity contribution >= 4 is 5.95 Å². The van der Waals surface area contributed by atoms with Crippen molar-refractivity contribution in [2.24, 2.45) is 0 Å². The second-order valence-corrected chi connectivity index (χ2v) is 3.62. The molecule has 0 bridgehead atoms. The van der Waals surface area contributed by atoms with Gasteiger partial charge in [0.2, 0.25) is 5.89 Å². The van der Waals surface area contributed by atoms with Gasteiger partial charge in [0.15, 0.2) is 0 Å². The minimum absolute atomic E-state index is 0.187. The monoisotopic (exact) mass is 212 g/mol. The summed E-state index contributed by atoms with van der Waals surface area (Å²) in [6, 6.07) is 0. The number of hydrogen-bond donors (Lipinski definition) is 2. The van der Waals surface area contributed by atoms with Crippen LogP contribution in [0.4, 0.5) is 5.95 Å². The number of rotatable bonds is 4. The molecule has 2 rings (SSSR count). The van der Waals surface area contributed by atoms with Gasteiger partial charge in [0.1, 0.15) is 0 Å². The lowest BCUT2D eigenvalue weighted by Gasteiger charge is -2.22. The average Bonchev–Trinajstić information content (AvgIpc) is 2.66. The minimum Gasteiger partial charge on any atom is -0.378 e. The Morgan fingerprint density at radius 2 is 2.27 bits per heavy atom. The van der Waals surface area contributed by atoms with Crippen LogP contribution in [0, 0.1) is 0 Å². The van der Waals surface area contributed by atoms with E-state index in [9.17, 15) is 0 Å². The molecule has 1 aromatic heterocycles. The van der Waals surface area contributed by atoms with Crippen LogP contribution in [0.15, 0.2) is 4.52 Å². The third-order valence-electron chi connectivity index (χ3n) is 2.44. The van der Waals surface area contributed by atoms with Gasteiger partial charge in [-0.25, -0.2) is 0 Å². The van der Waals surface area contributed by atoms with Crippen molar-refractivity contribution in [2.45, 2.75) is 25.4 Å². The number of hydrogen-bond acceptors (Lipinski definition) is 6. The SMILES string of the molecule is Nc1noc(CCOC2CCNCC2)n1. The largest absolute Gasteiger partial charge is 0.378 e. The van der Waals surface area contributed by atoms with Crippen molar-refractivity contribution in [3.8, 4) is 0 Å². The van der Waals surface area contributed by atoms with Gasteiger partial charge in [0, 0.05) is 0 Å². The number of anilines is 1. The van der Waals surface area contributed by atoms with E-state index in [1.54, 1.807) is 0 Å². The molecule has 0 saturated carbocycles. The number of ether oxygens (including phenoxy) is 1. The Labute approximate surface area is 88.2 Å². The molecule has 3 N–H and O–H groups in total. The molecule has 1 saturated heterocycles. The average molecular weight is 212 g/mol. The molecule has 1 aromatic rings. The first kappa shape index (κ1) is 10.4. The number of nitrogens with two attached hydrogens (primary N) is 1. The van der Waals surface area contributed by atoms with Gasteiger partial charge in [-0.3, -0.25) is 0 Å². The molecule has 15 heavy (non-hydrogen) atoms. The first-order valence-corrected chi connectivity index (χ1v) is 5.25. The third kappa shape index (κ3) is 3.17. The van der Waals surface area contributed by atoms with Crippen molar-refractivity contribution in [3.05, 3.63) is 5.89 Å². The molecule has 1 aliphatic rings. The fourth-order valence-electron chi connectivity index (χ4n) is 1.64. The molecule has 0 aliphatic carbocycles. The van der Waals surface area contributed by atoms with E-state index in [0.29, 0.717) is 25.0 Å². The Balaban J connectivity index is 1.65. The Hall–Kier alpha value is -1.14. The van der Waals surface area contributed by atoms with Crippen molar-refractivity contribution in [2.75, 3.05) is 25.4 Å². The highest BCUT2D eigenvalue weighted by molar-refractivity contribution is 5.10. The predicted molar refractivity (Wildman–Crippen MR) is 54.3 cm³/mol. The van der Waals surface area contributed by atoms with Crippen molar-refractivity contribution in [1.29, 1.82) is 0 Å². The number of nitrogen functional groups attached to an aromatic ring is 1. The fourth-order valence-corrected chi connectivity index (χ4v) is 1.64. The summed E-state index contributed by atoms with van der Waals surface area (Å²) in [5, 5.41) is 6.80. The van der Waals surface area contributed by atoms with Gasteiger partial charge < -0.3 is 20.3 Å². The van der Waals surface area contributed by atoms with Crippen LogP contribution in [0.1, 0.15) is 18.7 Å². The van der Waals surface area contributed by atoms with Crippen LogP contribution in [0.25, 0.3) is 0 Å². The van der Waals surface area contributed by atoms with E-state index in [2.05, 4.69) is 15.5 Å². The normalized spacial score (nSPS) is 18.1. The van der Waals surface area contributed by atoms with Gasteiger partial charge in [0.05, 0.1) is 19.1 Å². The van der Waals surface area contributed by atoms with E-state index < -0.39 is 0 Å². The topological polar surface area (TPSA) is 86.2 Å². The lowest BCUT2D eigenvalue weighted by atomic mass is 10.1. The van der Waals surface area contributed by atoms with E-state index in [4.69, 9.17) is 15.0 Å². The highest BCUT2D eigenvalue weighted by atomic mass is 16.5. The van der Waals surface area contributed by atoms with Gasteiger partial charge >= 0.3 is 0 Å².